The van der Waals surface area contributed by atoms with Crippen LogP contribution in [0.4, 0.5) is 10.2 Å². The summed E-state index contributed by atoms with van der Waals surface area (Å²) in [4.78, 5) is 9.20. The first kappa shape index (κ1) is 11.7. The first-order chi connectivity index (χ1) is 9.33. The molecule has 3 aromatic rings. The second kappa shape index (κ2) is 5.11. The van der Waals surface area contributed by atoms with E-state index in [-0.39, 0.29) is 5.82 Å². The molecular formula is C13H9FN4S. The van der Waals surface area contributed by atoms with Gasteiger partial charge in [-0.25, -0.2) is 14.4 Å². The molecule has 1 aromatic carbocycles. The standard InChI is InChI=1S/C13H9FN4S/c14-10-3-1-9(2-4-10)7-17-18-12-11-5-6-19-13(11)16-8-15-12/h1-8H,(H,15,16,18)/b17-7+. The monoisotopic (exact) mass is 272 g/mol. The minimum atomic E-state index is -0.263. The zero-order valence-electron chi connectivity index (χ0n) is 9.75. The summed E-state index contributed by atoms with van der Waals surface area (Å²) in [7, 11) is 0. The fraction of sp³-hybridized carbons (Fsp3) is 0. The van der Waals surface area contributed by atoms with Crippen LogP contribution in [0, 0.1) is 5.82 Å². The van der Waals surface area contributed by atoms with Crippen molar-refractivity contribution < 1.29 is 4.39 Å². The number of hydrazone groups is 1. The molecule has 19 heavy (non-hydrogen) atoms. The molecule has 0 saturated carbocycles. The summed E-state index contributed by atoms with van der Waals surface area (Å²) in [6.45, 7) is 0. The Bertz CT molecular complexity index is 721. The van der Waals surface area contributed by atoms with E-state index in [1.54, 1.807) is 29.7 Å². The predicted molar refractivity (Wildman–Crippen MR) is 75.0 cm³/mol. The summed E-state index contributed by atoms with van der Waals surface area (Å²) >= 11 is 1.55. The Hall–Kier alpha value is -2.34. The molecule has 3 rings (SSSR count). The zero-order valence-corrected chi connectivity index (χ0v) is 10.6. The van der Waals surface area contributed by atoms with Crippen LogP contribution in [-0.2, 0) is 0 Å². The Labute approximate surface area is 112 Å². The van der Waals surface area contributed by atoms with Gasteiger partial charge in [-0.15, -0.1) is 11.3 Å². The van der Waals surface area contributed by atoms with Gasteiger partial charge in [0.2, 0.25) is 0 Å². The SMILES string of the molecule is Fc1ccc(/C=N/Nc2ncnc3sccc23)cc1. The van der Waals surface area contributed by atoms with Gasteiger partial charge in [0.05, 0.1) is 11.6 Å². The quantitative estimate of drug-likeness (QED) is 0.588. The maximum Gasteiger partial charge on any atom is 0.158 e. The van der Waals surface area contributed by atoms with Crippen LogP contribution in [0.15, 0.2) is 47.1 Å². The van der Waals surface area contributed by atoms with Gasteiger partial charge in [0.15, 0.2) is 5.82 Å². The van der Waals surface area contributed by atoms with Crippen LogP contribution in [0.5, 0.6) is 0 Å². The Morgan fingerprint density at radius 2 is 2.00 bits per heavy atom. The van der Waals surface area contributed by atoms with Crippen LogP contribution in [-0.4, -0.2) is 16.2 Å². The summed E-state index contributed by atoms with van der Waals surface area (Å²) < 4.78 is 12.7. The Morgan fingerprint density at radius 3 is 2.84 bits per heavy atom. The average molecular weight is 272 g/mol. The molecule has 0 bridgehead atoms. The normalized spacial score (nSPS) is 11.2. The maximum atomic E-state index is 12.7. The highest BCUT2D eigenvalue weighted by Gasteiger charge is 2.02. The molecule has 0 atom stereocenters. The number of fused-ring (bicyclic) bond motifs is 1. The lowest BCUT2D eigenvalue weighted by molar-refractivity contribution is 0.628. The van der Waals surface area contributed by atoms with Crippen molar-refractivity contribution in [2.45, 2.75) is 0 Å². The van der Waals surface area contributed by atoms with Gasteiger partial charge >= 0.3 is 0 Å². The number of nitrogens with zero attached hydrogens (tertiary/aromatic N) is 3. The topological polar surface area (TPSA) is 50.2 Å². The molecule has 1 N–H and O–H groups in total. The van der Waals surface area contributed by atoms with Gasteiger partial charge in [0.25, 0.3) is 0 Å². The molecule has 0 spiro atoms. The largest absolute Gasteiger partial charge is 0.261 e. The summed E-state index contributed by atoms with van der Waals surface area (Å²) in [6, 6.07) is 8.03. The van der Waals surface area contributed by atoms with Crippen LogP contribution in [0.2, 0.25) is 0 Å². The van der Waals surface area contributed by atoms with Crippen molar-refractivity contribution in [1.29, 1.82) is 0 Å². The van der Waals surface area contributed by atoms with E-state index in [9.17, 15) is 4.39 Å². The van der Waals surface area contributed by atoms with Crippen molar-refractivity contribution in [3.63, 3.8) is 0 Å². The number of nitrogens with one attached hydrogen (secondary N) is 1. The number of hydrogen-bond donors (Lipinski definition) is 1. The lowest BCUT2D eigenvalue weighted by Gasteiger charge is -1.99. The smallest absolute Gasteiger partial charge is 0.158 e. The van der Waals surface area contributed by atoms with Crippen LogP contribution in [0.3, 0.4) is 0 Å². The summed E-state index contributed by atoms with van der Waals surface area (Å²) in [5.74, 6) is 0.394. The van der Waals surface area contributed by atoms with Crippen LogP contribution in [0.25, 0.3) is 10.2 Å². The summed E-state index contributed by atoms with van der Waals surface area (Å²) in [5.41, 5.74) is 3.68. The van der Waals surface area contributed by atoms with E-state index < -0.39 is 0 Å². The van der Waals surface area contributed by atoms with E-state index in [0.29, 0.717) is 5.82 Å². The number of halogens is 1. The molecule has 4 nitrogen and oxygen atoms in total. The molecule has 0 unspecified atom stereocenters. The molecule has 0 fully saturated rings. The van der Waals surface area contributed by atoms with Crippen molar-refractivity contribution in [1.82, 2.24) is 9.97 Å². The molecule has 0 radical (unpaired) electrons. The van der Waals surface area contributed by atoms with E-state index in [0.717, 1.165) is 15.8 Å². The molecule has 94 valence electrons. The third-order valence-electron chi connectivity index (χ3n) is 2.52. The molecule has 2 aromatic heterocycles. The number of rotatable bonds is 3. The van der Waals surface area contributed by atoms with Crippen molar-refractivity contribution in [3.05, 3.63) is 53.4 Å². The first-order valence-corrected chi connectivity index (χ1v) is 6.44. The predicted octanol–water partition coefficient (Wildman–Crippen LogP) is 3.28. The van der Waals surface area contributed by atoms with Crippen molar-refractivity contribution in [2.24, 2.45) is 5.10 Å². The Kier molecular flexibility index (Phi) is 3.16. The van der Waals surface area contributed by atoms with Gasteiger partial charge in [-0.1, -0.05) is 12.1 Å². The number of hydrogen-bond acceptors (Lipinski definition) is 5. The summed E-state index contributed by atoms with van der Waals surface area (Å²) in [5, 5.41) is 6.97. The van der Waals surface area contributed by atoms with Crippen molar-refractivity contribution in [2.75, 3.05) is 5.43 Å². The molecule has 0 amide bonds. The number of benzene rings is 1. The lowest BCUT2D eigenvalue weighted by atomic mass is 10.2. The van der Waals surface area contributed by atoms with E-state index in [4.69, 9.17) is 0 Å². The van der Waals surface area contributed by atoms with E-state index in [1.165, 1.54) is 18.5 Å². The zero-order chi connectivity index (χ0) is 13.1. The van der Waals surface area contributed by atoms with Crippen LogP contribution in [0.1, 0.15) is 5.56 Å². The van der Waals surface area contributed by atoms with Crippen molar-refractivity contribution >= 4 is 33.6 Å². The number of anilines is 1. The highest BCUT2D eigenvalue weighted by Crippen LogP contribution is 2.23. The second-order valence-corrected chi connectivity index (χ2v) is 4.68. The number of thiophene rings is 1. The second-order valence-electron chi connectivity index (χ2n) is 3.78. The molecule has 0 aliphatic heterocycles. The fourth-order valence-electron chi connectivity index (χ4n) is 1.60. The van der Waals surface area contributed by atoms with E-state index in [1.807, 2.05) is 11.4 Å². The molecule has 2 heterocycles. The van der Waals surface area contributed by atoms with Gasteiger partial charge in [0, 0.05) is 0 Å². The summed E-state index contributed by atoms with van der Waals surface area (Å²) in [6.07, 6.45) is 3.11. The Morgan fingerprint density at radius 1 is 1.16 bits per heavy atom. The lowest BCUT2D eigenvalue weighted by Crippen LogP contribution is -1.94. The minimum absolute atomic E-state index is 0.263. The fourth-order valence-corrected chi connectivity index (χ4v) is 2.33. The van der Waals surface area contributed by atoms with Crippen LogP contribution < -0.4 is 5.43 Å². The molecular weight excluding hydrogens is 263 g/mol. The van der Waals surface area contributed by atoms with Gasteiger partial charge in [0.1, 0.15) is 17.0 Å². The van der Waals surface area contributed by atoms with Gasteiger partial charge in [-0.2, -0.15) is 5.10 Å². The first-order valence-electron chi connectivity index (χ1n) is 5.56. The van der Waals surface area contributed by atoms with E-state index in [2.05, 4.69) is 20.5 Å². The molecule has 0 aliphatic carbocycles. The van der Waals surface area contributed by atoms with Gasteiger partial charge in [-0.05, 0) is 29.1 Å². The molecule has 0 aliphatic rings. The third kappa shape index (κ3) is 2.58. The van der Waals surface area contributed by atoms with Crippen molar-refractivity contribution in [3.8, 4) is 0 Å². The minimum Gasteiger partial charge on any atom is -0.261 e. The Balaban J connectivity index is 1.78. The average Bonchev–Trinajstić information content (AvgIpc) is 2.90. The maximum absolute atomic E-state index is 12.7. The molecule has 0 saturated heterocycles. The third-order valence-corrected chi connectivity index (χ3v) is 3.34. The van der Waals surface area contributed by atoms with Gasteiger partial charge in [-0.3, -0.25) is 5.43 Å². The molecule has 6 heteroatoms. The van der Waals surface area contributed by atoms with E-state index >= 15 is 0 Å². The highest BCUT2D eigenvalue weighted by molar-refractivity contribution is 7.16. The van der Waals surface area contributed by atoms with Gasteiger partial charge < -0.3 is 0 Å². The number of aromatic nitrogens is 2. The highest BCUT2D eigenvalue weighted by atomic mass is 32.1. The van der Waals surface area contributed by atoms with Crippen LogP contribution >= 0.6 is 11.3 Å².